The Labute approximate surface area is 130 Å². The van der Waals surface area contributed by atoms with E-state index in [1.54, 1.807) is 6.92 Å². The first-order chi connectivity index (χ1) is 10.4. The summed E-state index contributed by atoms with van der Waals surface area (Å²) >= 11 is 5.62. The van der Waals surface area contributed by atoms with Crippen LogP contribution in [0.25, 0.3) is 0 Å². The molecule has 116 valence electrons. The second kappa shape index (κ2) is 6.70. The fraction of sp³-hybridized carbons (Fsp3) is 0.133. The van der Waals surface area contributed by atoms with Crippen LogP contribution in [0.4, 0.5) is 24.5 Å². The zero-order valence-electron chi connectivity index (χ0n) is 11.5. The summed E-state index contributed by atoms with van der Waals surface area (Å²) in [7, 11) is 0. The molecule has 7 heteroatoms. The Hall–Kier alpha value is -2.21. The molecular weight excluding hydrogens is 317 g/mol. The summed E-state index contributed by atoms with van der Waals surface area (Å²) in [5.41, 5.74) is 0.592. The van der Waals surface area contributed by atoms with E-state index in [4.69, 9.17) is 11.6 Å². The van der Waals surface area contributed by atoms with Crippen molar-refractivity contribution >= 4 is 28.9 Å². The molecule has 0 heterocycles. The van der Waals surface area contributed by atoms with Crippen LogP contribution < -0.4 is 10.6 Å². The molecule has 2 aromatic rings. The number of anilines is 2. The SMILES string of the molecule is CC(Nc1ccc(F)c(F)c1)C(=O)Nc1ccc(F)c(Cl)c1. The van der Waals surface area contributed by atoms with Crippen LogP contribution >= 0.6 is 11.6 Å². The van der Waals surface area contributed by atoms with Gasteiger partial charge in [-0.3, -0.25) is 4.79 Å². The maximum absolute atomic E-state index is 13.1. The van der Waals surface area contributed by atoms with E-state index in [0.717, 1.165) is 18.2 Å². The van der Waals surface area contributed by atoms with Crippen LogP contribution in [-0.2, 0) is 4.79 Å². The molecule has 0 radical (unpaired) electrons. The lowest BCUT2D eigenvalue weighted by Gasteiger charge is -2.15. The number of benzene rings is 2. The Bertz CT molecular complexity index is 709. The maximum atomic E-state index is 13.1. The zero-order chi connectivity index (χ0) is 16.3. The highest BCUT2D eigenvalue weighted by molar-refractivity contribution is 6.31. The summed E-state index contributed by atoms with van der Waals surface area (Å²) in [6, 6.07) is 6.27. The highest BCUT2D eigenvalue weighted by atomic mass is 35.5. The largest absolute Gasteiger partial charge is 0.374 e. The molecule has 3 nitrogen and oxygen atoms in total. The minimum atomic E-state index is -1.01. The maximum Gasteiger partial charge on any atom is 0.246 e. The Morgan fingerprint density at radius 3 is 2.27 bits per heavy atom. The smallest absolute Gasteiger partial charge is 0.246 e. The lowest BCUT2D eigenvalue weighted by molar-refractivity contribution is -0.116. The standard InChI is InChI=1S/C15H12ClF3N2O/c1-8(20-10-3-5-13(18)14(19)7-10)15(22)21-9-2-4-12(17)11(16)6-9/h2-8,20H,1H3,(H,21,22). The van der Waals surface area contributed by atoms with E-state index in [1.165, 1.54) is 18.2 Å². The minimum absolute atomic E-state index is 0.112. The van der Waals surface area contributed by atoms with Crippen molar-refractivity contribution in [2.24, 2.45) is 0 Å². The number of rotatable bonds is 4. The van der Waals surface area contributed by atoms with E-state index < -0.39 is 29.4 Å². The van der Waals surface area contributed by atoms with Gasteiger partial charge < -0.3 is 10.6 Å². The van der Waals surface area contributed by atoms with E-state index >= 15 is 0 Å². The highest BCUT2D eigenvalue weighted by Crippen LogP contribution is 2.20. The first-order valence-corrected chi connectivity index (χ1v) is 6.72. The quantitative estimate of drug-likeness (QED) is 0.883. The molecule has 1 unspecified atom stereocenters. The third-order valence-corrected chi connectivity index (χ3v) is 3.17. The van der Waals surface area contributed by atoms with E-state index in [9.17, 15) is 18.0 Å². The first kappa shape index (κ1) is 16.2. The van der Waals surface area contributed by atoms with Crippen LogP contribution in [0.5, 0.6) is 0 Å². The van der Waals surface area contributed by atoms with Crippen LogP contribution in [0.1, 0.15) is 6.92 Å². The molecule has 0 spiro atoms. The van der Waals surface area contributed by atoms with E-state index in [1.807, 2.05) is 0 Å². The van der Waals surface area contributed by atoms with Crippen LogP contribution in [0.2, 0.25) is 5.02 Å². The first-order valence-electron chi connectivity index (χ1n) is 6.34. The van der Waals surface area contributed by atoms with E-state index in [0.29, 0.717) is 5.69 Å². The molecular formula is C15H12ClF3N2O. The van der Waals surface area contributed by atoms with Gasteiger partial charge in [-0.1, -0.05) is 11.6 Å². The van der Waals surface area contributed by atoms with Crippen LogP contribution in [0.3, 0.4) is 0 Å². The van der Waals surface area contributed by atoms with Gasteiger partial charge in [0.25, 0.3) is 0 Å². The second-order valence-corrected chi connectivity index (χ2v) is 5.02. The van der Waals surface area contributed by atoms with Crippen molar-refractivity contribution in [2.45, 2.75) is 13.0 Å². The van der Waals surface area contributed by atoms with Gasteiger partial charge in [0.2, 0.25) is 5.91 Å². The summed E-state index contributed by atoms with van der Waals surface area (Å²) in [5, 5.41) is 5.15. The molecule has 0 saturated heterocycles. The van der Waals surface area contributed by atoms with Crippen molar-refractivity contribution in [3.63, 3.8) is 0 Å². The predicted octanol–water partition coefficient (Wildman–Crippen LogP) is 4.20. The third kappa shape index (κ3) is 3.92. The zero-order valence-corrected chi connectivity index (χ0v) is 12.2. The summed E-state index contributed by atoms with van der Waals surface area (Å²) in [5.74, 6) is -3.01. The molecule has 0 aliphatic heterocycles. The molecule has 0 fully saturated rings. The lowest BCUT2D eigenvalue weighted by atomic mass is 10.2. The third-order valence-electron chi connectivity index (χ3n) is 2.88. The second-order valence-electron chi connectivity index (χ2n) is 4.61. The summed E-state index contributed by atoms with van der Waals surface area (Å²) in [4.78, 5) is 12.0. The molecule has 0 aromatic heterocycles. The number of nitrogens with one attached hydrogen (secondary N) is 2. The molecule has 2 N–H and O–H groups in total. The van der Waals surface area contributed by atoms with E-state index in [-0.39, 0.29) is 10.7 Å². The lowest BCUT2D eigenvalue weighted by Crippen LogP contribution is -2.31. The number of hydrogen-bond donors (Lipinski definition) is 2. The summed E-state index contributed by atoms with van der Waals surface area (Å²) in [6.45, 7) is 1.54. The van der Waals surface area contributed by atoms with Crippen molar-refractivity contribution in [3.05, 3.63) is 58.9 Å². The van der Waals surface area contributed by atoms with Gasteiger partial charge in [0.15, 0.2) is 11.6 Å². The van der Waals surface area contributed by atoms with Gasteiger partial charge in [0.05, 0.1) is 5.02 Å². The Balaban J connectivity index is 2.02. The van der Waals surface area contributed by atoms with Gasteiger partial charge in [0.1, 0.15) is 11.9 Å². The number of amides is 1. The molecule has 0 saturated carbocycles. The van der Waals surface area contributed by atoms with Crippen LogP contribution in [-0.4, -0.2) is 11.9 Å². The molecule has 0 aliphatic carbocycles. The van der Waals surface area contributed by atoms with Gasteiger partial charge >= 0.3 is 0 Å². The van der Waals surface area contributed by atoms with Crippen molar-refractivity contribution < 1.29 is 18.0 Å². The van der Waals surface area contributed by atoms with Crippen molar-refractivity contribution in [2.75, 3.05) is 10.6 Å². The van der Waals surface area contributed by atoms with Gasteiger partial charge in [-0.2, -0.15) is 0 Å². The molecule has 2 aromatic carbocycles. The van der Waals surface area contributed by atoms with Crippen molar-refractivity contribution in [3.8, 4) is 0 Å². The number of carbonyl (C=O) groups excluding carboxylic acids is 1. The van der Waals surface area contributed by atoms with Crippen LogP contribution in [0, 0.1) is 17.5 Å². The number of halogens is 4. The molecule has 1 atom stereocenters. The molecule has 0 aliphatic rings. The molecule has 2 rings (SSSR count). The summed E-state index contributed by atoms with van der Waals surface area (Å²) in [6.07, 6.45) is 0. The Morgan fingerprint density at radius 1 is 1.00 bits per heavy atom. The normalized spacial score (nSPS) is 11.9. The summed E-state index contributed by atoms with van der Waals surface area (Å²) < 4.78 is 39.0. The molecule has 1 amide bonds. The van der Waals surface area contributed by atoms with Gasteiger partial charge in [-0.25, -0.2) is 13.2 Å². The van der Waals surface area contributed by atoms with Gasteiger partial charge in [-0.05, 0) is 37.3 Å². The Kier molecular flexibility index (Phi) is 4.92. The number of carbonyl (C=O) groups is 1. The monoisotopic (exact) mass is 328 g/mol. The average molecular weight is 329 g/mol. The fourth-order valence-electron chi connectivity index (χ4n) is 1.73. The predicted molar refractivity (Wildman–Crippen MR) is 79.5 cm³/mol. The molecule has 22 heavy (non-hydrogen) atoms. The van der Waals surface area contributed by atoms with Crippen LogP contribution in [0.15, 0.2) is 36.4 Å². The minimum Gasteiger partial charge on any atom is -0.374 e. The van der Waals surface area contributed by atoms with Crippen molar-refractivity contribution in [1.29, 1.82) is 0 Å². The molecule has 0 bridgehead atoms. The van der Waals surface area contributed by atoms with Gasteiger partial charge in [0, 0.05) is 17.4 Å². The fourth-order valence-corrected chi connectivity index (χ4v) is 1.91. The van der Waals surface area contributed by atoms with E-state index in [2.05, 4.69) is 10.6 Å². The topological polar surface area (TPSA) is 41.1 Å². The van der Waals surface area contributed by atoms with Crippen molar-refractivity contribution in [1.82, 2.24) is 0 Å². The average Bonchev–Trinajstić information content (AvgIpc) is 2.46. The Morgan fingerprint density at radius 2 is 1.64 bits per heavy atom. The number of hydrogen-bond acceptors (Lipinski definition) is 2. The van der Waals surface area contributed by atoms with Gasteiger partial charge in [-0.15, -0.1) is 0 Å². The highest BCUT2D eigenvalue weighted by Gasteiger charge is 2.14.